The van der Waals surface area contributed by atoms with E-state index in [1.165, 1.54) is 0 Å². The molecule has 9 atom stereocenters. The van der Waals surface area contributed by atoms with Crippen LogP contribution in [0.15, 0.2) is 0 Å². The minimum Gasteiger partial charge on any atom is -0.392 e. The van der Waals surface area contributed by atoms with Gasteiger partial charge in [0.1, 0.15) is 0 Å². The average molecular weight is 247 g/mol. The molecule has 0 spiro atoms. The highest BCUT2D eigenvalue weighted by Gasteiger charge is 2.96. The van der Waals surface area contributed by atoms with Crippen molar-refractivity contribution in [2.24, 2.45) is 29.6 Å². The zero-order valence-electron chi connectivity index (χ0n) is 8.03. The van der Waals surface area contributed by atoms with E-state index in [4.69, 9.17) is 23.2 Å². The summed E-state index contributed by atoms with van der Waals surface area (Å²) >= 11 is 13.3. The number of alkyl halides is 2. The number of fused-ring (bicyclic) bond motifs is 2. The molecule has 0 radical (unpaired) electrons. The molecule has 5 aliphatic carbocycles. The van der Waals surface area contributed by atoms with E-state index in [2.05, 4.69) is 0 Å². The molecule has 0 saturated heterocycles. The lowest BCUT2D eigenvalue weighted by Gasteiger charge is -2.55. The van der Waals surface area contributed by atoms with Gasteiger partial charge in [0.15, 0.2) is 0 Å². The Kier molecular flexibility index (Phi) is 1.02. The van der Waals surface area contributed by atoms with Crippen LogP contribution in [0.2, 0.25) is 0 Å². The Hall–Kier alpha value is 0.500. The highest BCUT2D eigenvalue weighted by atomic mass is 35.5. The van der Waals surface area contributed by atoms with Crippen molar-refractivity contribution in [3.63, 3.8) is 0 Å². The highest BCUT2D eigenvalue weighted by Crippen LogP contribution is 2.89. The zero-order chi connectivity index (χ0) is 10.4. The molecular weight excluding hydrogens is 235 g/mol. The second kappa shape index (κ2) is 1.78. The first-order valence-corrected chi connectivity index (χ1v) is 6.50. The summed E-state index contributed by atoms with van der Waals surface area (Å²) in [4.78, 5) is -0.902. The molecule has 4 heteroatoms. The van der Waals surface area contributed by atoms with Crippen LogP contribution in [0.1, 0.15) is 12.8 Å². The lowest BCUT2D eigenvalue weighted by atomic mass is 9.55. The fourth-order valence-corrected chi connectivity index (χ4v) is 7.92. The van der Waals surface area contributed by atoms with Crippen molar-refractivity contribution < 1.29 is 10.2 Å². The van der Waals surface area contributed by atoms with E-state index in [1.54, 1.807) is 0 Å². The zero-order valence-corrected chi connectivity index (χ0v) is 9.54. The van der Waals surface area contributed by atoms with Gasteiger partial charge in [-0.05, 0) is 30.6 Å². The van der Waals surface area contributed by atoms with Gasteiger partial charge >= 0.3 is 0 Å². The molecule has 0 aromatic heterocycles. The van der Waals surface area contributed by atoms with E-state index in [1.807, 2.05) is 0 Å². The number of aliphatic hydroxyl groups excluding tert-OH is 1. The highest BCUT2D eigenvalue weighted by molar-refractivity contribution is 6.32. The Balaban J connectivity index is 1.90. The van der Waals surface area contributed by atoms with Crippen LogP contribution in [0.25, 0.3) is 0 Å². The molecule has 5 fully saturated rings. The third kappa shape index (κ3) is 0.469. The molecule has 0 aliphatic heterocycles. The topological polar surface area (TPSA) is 40.5 Å². The number of hydrogen-bond donors (Lipinski definition) is 2. The maximum atomic E-state index is 10.8. The molecule has 5 saturated carbocycles. The van der Waals surface area contributed by atoms with Crippen LogP contribution in [-0.4, -0.2) is 31.7 Å². The summed E-state index contributed by atoms with van der Waals surface area (Å²) in [5.74, 6) is 0.909. The van der Waals surface area contributed by atoms with E-state index in [0.717, 1.165) is 6.42 Å². The summed E-state index contributed by atoms with van der Waals surface area (Å²) < 4.78 is 0. The SMILES string of the molecule is O[C@@H]1C2C3C[C@H]4[C@H]1[C@]1(Cl)C[C@@]4(Cl)[C@@]3(O)[C@@H]21. The van der Waals surface area contributed by atoms with Crippen molar-refractivity contribution in [1.82, 2.24) is 0 Å². The summed E-state index contributed by atoms with van der Waals surface area (Å²) in [6, 6.07) is 0. The number of halogens is 2. The molecule has 5 aliphatic rings. The van der Waals surface area contributed by atoms with Crippen LogP contribution in [0, 0.1) is 29.6 Å². The molecule has 82 valence electrons. The number of rotatable bonds is 0. The first-order valence-electron chi connectivity index (χ1n) is 5.74. The smallest absolute Gasteiger partial charge is 0.0922 e. The van der Waals surface area contributed by atoms with Gasteiger partial charge in [-0.3, -0.25) is 0 Å². The van der Waals surface area contributed by atoms with Crippen LogP contribution in [-0.2, 0) is 0 Å². The molecule has 0 aromatic carbocycles. The van der Waals surface area contributed by atoms with E-state index < -0.39 is 15.3 Å². The van der Waals surface area contributed by atoms with Gasteiger partial charge in [-0.25, -0.2) is 0 Å². The molecular formula is C11H12Cl2O2. The van der Waals surface area contributed by atoms with Crippen LogP contribution in [0.3, 0.4) is 0 Å². The lowest BCUT2D eigenvalue weighted by Crippen LogP contribution is -2.66. The van der Waals surface area contributed by atoms with E-state index in [0.29, 0.717) is 6.42 Å². The van der Waals surface area contributed by atoms with Gasteiger partial charge < -0.3 is 10.2 Å². The van der Waals surface area contributed by atoms with Gasteiger partial charge in [0, 0.05) is 11.8 Å². The second-order valence-corrected chi connectivity index (χ2v) is 7.69. The van der Waals surface area contributed by atoms with Crippen LogP contribution in [0.5, 0.6) is 0 Å². The minimum atomic E-state index is -0.750. The quantitative estimate of drug-likeness (QED) is 0.626. The van der Waals surface area contributed by atoms with Crippen molar-refractivity contribution in [2.75, 3.05) is 0 Å². The van der Waals surface area contributed by atoms with Crippen LogP contribution >= 0.6 is 23.2 Å². The average Bonchev–Trinajstić information content (AvgIpc) is 2.48. The first kappa shape index (κ1) is 8.57. The Labute approximate surface area is 97.6 Å². The third-order valence-corrected chi connectivity index (χ3v) is 7.78. The van der Waals surface area contributed by atoms with Crippen molar-refractivity contribution in [3.05, 3.63) is 0 Å². The summed E-state index contributed by atoms with van der Waals surface area (Å²) in [6.45, 7) is 0. The second-order valence-electron chi connectivity index (χ2n) is 6.31. The van der Waals surface area contributed by atoms with Gasteiger partial charge in [-0.1, -0.05) is 0 Å². The summed E-state index contributed by atoms with van der Waals surface area (Å²) in [7, 11) is 0. The summed E-state index contributed by atoms with van der Waals surface area (Å²) in [5, 5.41) is 21.0. The van der Waals surface area contributed by atoms with E-state index in [9.17, 15) is 10.2 Å². The van der Waals surface area contributed by atoms with Crippen molar-refractivity contribution in [2.45, 2.75) is 34.3 Å². The summed E-state index contributed by atoms with van der Waals surface area (Å²) in [6.07, 6.45) is 1.38. The van der Waals surface area contributed by atoms with Gasteiger partial charge in [-0.2, -0.15) is 0 Å². The fraction of sp³-hybridized carbons (Fsp3) is 1.00. The molecule has 2 nitrogen and oxygen atoms in total. The molecule has 15 heavy (non-hydrogen) atoms. The molecule has 0 aromatic rings. The monoisotopic (exact) mass is 246 g/mol. The molecule has 2 unspecified atom stereocenters. The van der Waals surface area contributed by atoms with Crippen molar-refractivity contribution in [1.29, 1.82) is 0 Å². The molecule has 2 bridgehead atoms. The molecule has 2 N–H and O–H groups in total. The molecule has 0 heterocycles. The Morgan fingerprint density at radius 2 is 1.93 bits per heavy atom. The maximum absolute atomic E-state index is 10.8. The molecule has 0 amide bonds. The third-order valence-electron chi connectivity index (χ3n) is 6.45. The molecule has 5 rings (SSSR count). The fourth-order valence-electron chi connectivity index (χ4n) is 6.34. The predicted molar refractivity (Wildman–Crippen MR) is 54.8 cm³/mol. The minimum absolute atomic E-state index is 0.0629. The van der Waals surface area contributed by atoms with Crippen LogP contribution in [0.4, 0.5) is 0 Å². The van der Waals surface area contributed by atoms with Gasteiger partial charge in [-0.15, -0.1) is 23.2 Å². The van der Waals surface area contributed by atoms with E-state index in [-0.39, 0.29) is 35.7 Å². The predicted octanol–water partition coefficient (Wildman–Crippen LogP) is 0.963. The number of aliphatic hydroxyl groups is 2. The van der Waals surface area contributed by atoms with Crippen molar-refractivity contribution >= 4 is 23.2 Å². The lowest BCUT2D eigenvalue weighted by molar-refractivity contribution is -0.182. The van der Waals surface area contributed by atoms with Crippen molar-refractivity contribution in [3.8, 4) is 0 Å². The van der Waals surface area contributed by atoms with E-state index >= 15 is 0 Å². The Bertz CT molecular complexity index is 413. The Morgan fingerprint density at radius 3 is 2.67 bits per heavy atom. The largest absolute Gasteiger partial charge is 0.392 e. The van der Waals surface area contributed by atoms with Gasteiger partial charge in [0.25, 0.3) is 0 Å². The first-order chi connectivity index (χ1) is 6.96. The van der Waals surface area contributed by atoms with Gasteiger partial charge in [0.05, 0.1) is 21.5 Å². The Morgan fingerprint density at radius 1 is 1.20 bits per heavy atom. The van der Waals surface area contributed by atoms with Crippen LogP contribution < -0.4 is 0 Å². The maximum Gasteiger partial charge on any atom is 0.0922 e. The number of hydrogen-bond acceptors (Lipinski definition) is 2. The summed E-state index contributed by atoms with van der Waals surface area (Å²) in [5.41, 5.74) is -0.750. The normalized spacial score (nSPS) is 85.6. The standard InChI is InChI=1S/C11H12Cl2O2/c12-9-2-10(13)4-1-3-5(7(14)6(4)9)8(9)11(3,10)15/h3-8,14-15H,1-2H2/t3?,4-,5?,6+,7+,8-,9+,10-,11-/m0/s1. The van der Waals surface area contributed by atoms with Gasteiger partial charge in [0.2, 0.25) is 0 Å².